The Balaban J connectivity index is 1.77. The van der Waals surface area contributed by atoms with Crippen LogP contribution >= 0.6 is 0 Å². The summed E-state index contributed by atoms with van der Waals surface area (Å²) in [7, 11) is -2.17. The predicted octanol–water partition coefficient (Wildman–Crippen LogP) is 4.23. The van der Waals surface area contributed by atoms with Crippen LogP contribution in [0, 0.1) is 6.92 Å². The summed E-state index contributed by atoms with van der Waals surface area (Å²) in [5.74, 6) is -0.938. The molecule has 3 aromatic carbocycles. The second-order valence-corrected chi connectivity index (χ2v) is 9.32. The summed E-state index contributed by atoms with van der Waals surface area (Å²) < 4.78 is 32.2. The number of benzene rings is 3. The molecule has 0 saturated carbocycles. The summed E-state index contributed by atoms with van der Waals surface area (Å²) in [4.78, 5) is 25.5. The second-order valence-electron chi connectivity index (χ2n) is 7.38. The minimum atomic E-state index is -3.68. The van der Waals surface area contributed by atoms with E-state index in [1.54, 1.807) is 74.5 Å². The van der Waals surface area contributed by atoms with E-state index in [0.29, 0.717) is 33.6 Å². The van der Waals surface area contributed by atoms with Crippen LogP contribution in [0.5, 0.6) is 0 Å². The number of nitrogens with zero attached hydrogens (tertiary/aromatic N) is 1. The number of aryl methyl sites for hydroxylation is 1. The van der Waals surface area contributed by atoms with Gasteiger partial charge >= 0.3 is 5.97 Å². The Morgan fingerprint density at radius 2 is 1.69 bits per heavy atom. The summed E-state index contributed by atoms with van der Waals surface area (Å²) in [5.41, 5.74) is 3.33. The van der Waals surface area contributed by atoms with Gasteiger partial charge in [0.2, 0.25) is 0 Å². The van der Waals surface area contributed by atoms with Crippen molar-refractivity contribution in [2.75, 3.05) is 23.3 Å². The van der Waals surface area contributed by atoms with Crippen LogP contribution in [-0.4, -0.2) is 33.9 Å². The Kier molecular flexibility index (Phi) is 5.48. The van der Waals surface area contributed by atoms with Crippen LogP contribution in [0.15, 0.2) is 65.6 Å². The van der Waals surface area contributed by atoms with E-state index in [1.807, 2.05) is 0 Å². The molecule has 1 amide bonds. The first-order chi connectivity index (χ1) is 15.3. The van der Waals surface area contributed by atoms with E-state index in [9.17, 15) is 18.0 Å². The highest BCUT2D eigenvalue weighted by Crippen LogP contribution is 2.44. The maximum atomic E-state index is 13.1. The van der Waals surface area contributed by atoms with Crippen LogP contribution in [0.1, 0.15) is 33.2 Å². The van der Waals surface area contributed by atoms with Crippen LogP contribution < -0.4 is 9.62 Å². The Morgan fingerprint density at radius 3 is 2.44 bits per heavy atom. The monoisotopic (exact) mass is 450 g/mol. The molecule has 0 fully saturated rings. The summed E-state index contributed by atoms with van der Waals surface area (Å²) >= 11 is 0. The molecular weight excluding hydrogens is 428 g/mol. The van der Waals surface area contributed by atoms with Gasteiger partial charge in [-0.3, -0.25) is 9.10 Å². The highest BCUT2D eigenvalue weighted by molar-refractivity contribution is 7.93. The summed E-state index contributed by atoms with van der Waals surface area (Å²) in [6.45, 7) is 3.70. The maximum absolute atomic E-state index is 13.1. The molecule has 1 aliphatic rings. The van der Waals surface area contributed by atoms with Crippen molar-refractivity contribution in [3.8, 4) is 11.1 Å². The molecule has 8 heteroatoms. The van der Waals surface area contributed by atoms with Gasteiger partial charge in [-0.1, -0.05) is 30.3 Å². The molecule has 3 aromatic rings. The Bertz CT molecular complexity index is 1350. The van der Waals surface area contributed by atoms with E-state index < -0.39 is 21.9 Å². The maximum Gasteiger partial charge on any atom is 0.340 e. The smallest absolute Gasteiger partial charge is 0.340 e. The average molecular weight is 451 g/mol. The van der Waals surface area contributed by atoms with E-state index in [4.69, 9.17) is 4.74 Å². The third-order valence-electron chi connectivity index (χ3n) is 5.36. The third-order valence-corrected chi connectivity index (χ3v) is 7.18. The molecule has 0 atom stereocenters. The predicted molar refractivity (Wildman–Crippen MR) is 123 cm³/mol. The zero-order valence-corrected chi connectivity index (χ0v) is 18.7. The SMILES string of the molecule is CCOC(=O)c1ccccc1NC(=O)c1cc(C)c2c(c1)-c1ccccc1S(=O)(=O)N2C. The van der Waals surface area contributed by atoms with Gasteiger partial charge in [0.15, 0.2) is 0 Å². The van der Waals surface area contributed by atoms with E-state index in [1.165, 1.54) is 11.4 Å². The van der Waals surface area contributed by atoms with Gasteiger partial charge < -0.3 is 10.1 Å². The van der Waals surface area contributed by atoms with E-state index in [2.05, 4.69) is 5.32 Å². The number of carbonyl (C=O) groups excluding carboxylic acids is 2. The number of hydrogen-bond donors (Lipinski definition) is 1. The number of sulfonamides is 1. The van der Waals surface area contributed by atoms with Gasteiger partial charge in [-0.05, 0) is 49.7 Å². The van der Waals surface area contributed by atoms with Gasteiger partial charge in [0.1, 0.15) is 0 Å². The number of rotatable bonds is 4. The molecular formula is C24H22N2O5S. The first kappa shape index (κ1) is 21.6. The molecule has 7 nitrogen and oxygen atoms in total. The Morgan fingerprint density at radius 1 is 1.00 bits per heavy atom. The molecule has 0 bridgehead atoms. The van der Waals surface area contributed by atoms with Gasteiger partial charge in [0.05, 0.1) is 28.4 Å². The molecule has 32 heavy (non-hydrogen) atoms. The number of anilines is 2. The molecule has 1 aliphatic heterocycles. The molecule has 4 rings (SSSR count). The second kappa shape index (κ2) is 8.12. The molecule has 164 valence electrons. The van der Waals surface area contributed by atoms with Gasteiger partial charge in [0.25, 0.3) is 15.9 Å². The quantitative estimate of drug-likeness (QED) is 0.601. The average Bonchev–Trinajstić information content (AvgIpc) is 2.78. The number of para-hydroxylation sites is 1. The van der Waals surface area contributed by atoms with Gasteiger partial charge in [-0.2, -0.15) is 0 Å². The highest BCUT2D eigenvalue weighted by atomic mass is 32.2. The Labute approximate surface area is 186 Å². The molecule has 1 N–H and O–H groups in total. The molecule has 0 spiro atoms. The first-order valence-corrected chi connectivity index (χ1v) is 11.5. The first-order valence-electron chi connectivity index (χ1n) is 10.1. The van der Waals surface area contributed by atoms with Crippen LogP contribution in [-0.2, 0) is 14.8 Å². The number of amides is 1. The molecule has 0 aliphatic carbocycles. The van der Waals surface area contributed by atoms with Gasteiger partial charge in [-0.15, -0.1) is 0 Å². The van der Waals surface area contributed by atoms with Crippen molar-refractivity contribution in [3.05, 3.63) is 77.4 Å². The topological polar surface area (TPSA) is 92.8 Å². The number of carbonyl (C=O) groups is 2. The number of esters is 1. The molecule has 0 radical (unpaired) electrons. The van der Waals surface area contributed by atoms with Crippen molar-refractivity contribution in [1.29, 1.82) is 0 Å². The lowest BCUT2D eigenvalue weighted by Crippen LogP contribution is -2.31. The third kappa shape index (κ3) is 3.52. The normalized spacial score (nSPS) is 13.7. The van der Waals surface area contributed by atoms with Gasteiger partial charge in [0, 0.05) is 23.7 Å². The zero-order valence-electron chi connectivity index (χ0n) is 17.9. The van der Waals surface area contributed by atoms with Crippen molar-refractivity contribution in [3.63, 3.8) is 0 Å². The van der Waals surface area contributed by atoms with Crippen LogP contribution in [0.4, 0.5) is 11.4 Å². The Hall–Kier alpha value is -3.65. The van der Waals surface area contributed by atoms with Crippen LogP contribution in [0.3, 0.4) is 0 Å². The lowest BCUT2D eigenvalue weighted by Gasteiger charge is -2.31. The van der Waals surface area contributed by atoms with Crippen molar-refractivity contribution in [2.24, 2.45) is 0 Å². The van der Waals surface area contributed by atoms with Crippen molar-refractivity contribution in [1.82, 2.24) is 0 Å². The van der Waals surface area contributed by atoms with Crippen LogP contribution in [0.25, 0.3) is 11.1 Å². The summed E-state index contributed by atoms with van der Waals surface area (Å²) in [6, 6.07) is 16.7. The van der Waals surface area contributed by atoms with E-state index in [-0.39, 0.29) is 17.1 Å². The fourth-order valence-corrected chi connectivity index (χ4v) is 5.37. The minimum absolute atomic E-state index is 0.194. The fraction of sp³-hybridized carbons (Fsp3) is 0.167. The lowest BCUT2D eigenvalue weighted by atomic mass is 9.96. The number of hydrogen-bond acceptors (Lipinski definition) is 5. The number of ether oxygens (including phenoxy) is 1. The van der Waals surface area contributed by atoms with E-state index >= 15 is 0 Å². The van der Waals surface area contributed by atoms with Crippen molar-refractivity contribution < 1.29 is 22.7 Å². The van der Waals surface area contributed by atoms with Crippen molar-refractivity contribution >= 4 is 33.3 Å². The highest BCUT2D eigenvalue weighted by Gasteiger charge is 2.34. The number of fused-ring (bicyclic) bond motifs is 3. The summed E-state index contributed by atoms with van der Waals surface area (Å²) in [5, 5.41) is 2.78. The molecule has 0 saturated heterocycles. The number of nitrogens with one attached hydrogen (secondary N) is 1. The molecule has 1 heterocycles. The largest absolute Gasteiger partial charge is 0.462 e. The van der Waals surface area contributed by atoms with E-state index in [0.717, 1.165) is 0 Å². The molecule has 0 aromatic heterocycles. The van der Waals surface area contributed by atoms with Crippen LogP contribution in [0.2, 0.25) is 0 Å². The molecule has 0 unspecified atom stereocenters. The fourth-order valence-electron chi connectivity index (χ4n) is 3.89. The van der Waals surface area contributed by atoms with Crippen molar-refractivity contribution in [2.45, 2.75) is 18.7 Å². The van der Waals surface area contributed by atoms with Gasteiger partial charge in [-0.25, -0.2) is 13.2 Å². The summed E-state index contributed by atoms with van der Waals surface area (Å²) in [6.07, 6.45) is 0. The zero-order chi connectivity index (χ0) is 23.0. The standard InChI is InChI=1S/C24H22N2O5S/c1-4-31-24(28)18-10-5-7-11-20(18)25-23(27)16-13-15(2)22-19(14-16)17-9-6-8-12-21(17)32(29,30)26(22)3/h5-14H,4H2,1-3H3,(H,25,27). The minimum Gasteiger partial charge on any atom is -0.462 e. The lowest BCUT2D eigenvalue weighted by molar-refractivity contribution is 0.0527.